The summed E-state index contributed by atoms with van der Waals surface area (Å²) in [5.74, 6) is 0.903. The molecule has 10 heteroatoms. The Hall–Kier alpha value is -2.07. The topological polar surface area (TPSA) is 116 Å². The lowest BCUT2D eigenvalue weighted by molar-refractivity contribution is 0.355. The first kappa shape index (κ1) is 14.3. The molecule has 20 heavy (non-hydrogen) atoms. The van der Waals surface area contributed by atoms with Crippen LogP contribution in [0.25, 0.3) is 0 Å². The van der Waals surface area contributed by atoms with Gasteiger partial charge in [0.25, 0.3) is 14.4 Å². The van der Waals surface area contributed by atoms with Gasteiger partial charge in [-0.15, -0.1) is 10.2 Å². The molecular formula is C10H12N4O4S2. The quantitative estimate of drug-likeness (QED) is 0.843. The fourth-order valence-electron chi connectivity index (χ4n) is 1.43. The van der Waals surface area contributed by atoms with Gasteiger partial charge in [0, 0.05) is 6.07 Å². The van der Waals surface area contributed by atoms with Crippen molar-refractivity contribution in [1.82, 2.24) is 10.2 Å². The van der Waals surface area contributed by atoms with Crippen LogP contribution >= 0.6 is 11.3 Å². The molecule has 0 amide bonds. The Balaban J connectivity index is 2.30. The predicted octanol–water partition coefficient (Wildman–Crippen LogP) is 0.938. The molecule has 8 nitrogen and oxygen atoms in total. The number of nitrogens with two attached hydrogens (primary N) is 1. The number of methoxy groups -OCH3 is 2. The molecule has 108 valence electrons. The minimum Gasteiger partial charge on any atom is -0.493 e. The second-order valence-electron chi connectivity index (χ2n) is 3.58. The van der Waals surface area contributed by atoms with Crippen LogP contribution in [-0.2, 0) is 10.0 Å². The zero-order chi connectivity index (χ0) is 14.8. The Morgan fingerprint density at radius 2 is 1.90 bits per heavy atom. The molecule has 1 heterocycles. The molecule has 0 saturated carbocycles. The lowest BCUT2D eigenvalue weighted by Gasteiger charge is -2.10. The standard InChI is InChI=1S/C10H12N4O4S2/c1-17-7-4-3-6(5-8(7)18-2)14-20(15,16)10-13-12-9(11)19-10/h3-5,14H,1-2H3,(H2,11,12). The summed E-state index contributed by atoms with van der Waals surface area (Å²) >= 11 is 0.781. The minimum atomic E-state index is -3.82. The van der Waals surface area contributed by atoms with E-state index in [9.17, 15) is 8.42 Å². The number of hydrogen-bond donors (Lipinski definition) is 2. The Labute approximate surface area is 119 Å². The largest absolute Gasteiger partial charge is 0.493 e. The van der Waals surface area contributed by atoms with Gasteiger partial charge in [-0.1, -0.05) is 11.3 Å². The summed E-state index contributed by atoms with van der Waals surface area (Å²) < 4.78 is 36.4. The van der Waals surface area contributed by atoms with E-state index < -0.39 is 10.0 Å². The summed E-state index contributed by atoms with van der Waals surface area (Å²) in [6.07, 6.45) is 0. The molecule has 1 aromatic heterocycles. The number of hydrogen-bond acceptors (Lipinski definition) is 8. The van der Waals surface area contributed by atoms with Crippen LogP contribution in [0.5, 0.6) is 11.5 Å². The van der Waals surface area contributed by atoms with E-state index in [1.54, 1.807) is 12.1 Å². The Morgan fingerprint density at radius 1 is 1.20 bits per heavy atom. The normalized spacial score (nSPS) is 11.1. The number of rotatable bonds is 5. The van der Waals surface area contributed by atoms with Crippen molar-refractivity contribution >= 4 is 32.2 Å². The molecule has 2 aromatic rings. The van der Waals surface area contributed by atoms with Gasteiger partial charge in [-0.25, -0.2) is 0 Å². The number of nitrogen functional groups attached to an aromatic ring is 1. The zero-order valence-electron chi connectivity index (χ0n) is 10.7. The number of ether oxygens (including phenoxy) is 2. The van der Waals surface area contributed by atoms with Crippen molar-refractivity contribution < 1.29 is 17.9 Å². The van der Waals surface area contributed by atoms with Crippen LogP contribution in [0.4, 0.5) is 10.8 Å². The molecule has 0 fully saturated rings. The lowest BCUT2D eigenvalue weighted by Crippen LogP contribution is -2.12. The first-order valence-electron chi connectivity index (χ1n) is 5.30. The van der Waals surface area contributed by atoms with Crippen molar-refractivity contribution in [3.8, 4) is 11.5 Å². The highest BCUT2D eigenvalue weighted by Gasteiger charge is 2.20. The average molecular weight is 316 g/mol. The van der Waals surface area contributed by atoms with E-state index in [0.29, 0.717) is 17.2 Å². The molecule has 2 rings (SSSR count). The van der Waals surface area contributed by atoms with Crippen LogP contribution in [-0.4, -0.2) is 32.8 Å². The molecule has 1 aromatic carbocycles. The van der Waals surface area contributed by atoms with Crippen molar-refractivity contribution in [2.45, 2.75) is 4.34 Å². The summed E-state index contributed by atoms with van der Waals surface area (Å²) in [5.41, 5.74) is 5.68. The van der Waals surface area contributed by atoms with E-state index in [0.717, 1.165) is 11.3 Å². The van der Waals surface area contributed by atoms with Gasteiger partial charge in [-0.3, -0.25) is 4.72 Å². The number of anilines is 2. The highest BCUT2D eigenvalue weighted by molar-refractivity contribution is 7.94. The predicted molar refractivity (Wildman–Crippen MR) is 74.7 cm³/mol. The van der Waals surface area contributed by atoms with Crippen LogP contribution in [0.15, 0.2) is 22.5 Å². The minimum absolute atomic E-state index is 0.0812. The van der Waals surface area contributed by atoms with Gasteiger partial charge in [-0.05, 0) is 12.1 Å². The van der Waals surface area contributed by atoms with Gasteiger partial charge in [0.2, 0.25) is 5.13 Å². The van der Waals surface area contributed by atoms with Crippen molar-refractivity contribution in [2.75, 3.05) is 24.7 Å². The van der Waals surface area contributed by atoms with Crippen molar-refractivity contribution in [3.63, 3.8) is 0 Å². The molecule has 0 bridgehead atoms. The van der Waals surface area contributed by atoms with Gasteiger partial charge in [0.15, 0.2) is 11.5 Å². The fraction of sp³-hybridized carbons (Fsp3) is 0.200. The lowest BCUT2D eigenvalue weighted by atomic mass is 10.3. The van der Waals surface area contributed by atoms with Crippen LogP contribution in [0.2, 0.25) is 0 Å². The smallest absolute Gasteiger partial charge is 0.291 e. The number of benzene rings is 1. The second-order valence-corrected chi connectivity index (χ2v) is 6.45. The van der Waals surface area contributed by atoms with Crippen molar-refractivity contribution in [1.29, 1.82) is 0 Å². The number of aromatic nitrogens is 2. The Bertz CT molecular complexity index is 714. The zero-order valence-corrected chi connectivity index (χ0v) is 12.3. The van der Waals surface area contributed by atoms with Crippen LogP contribution in [0.1, 0.15) is 0 Å². The maximum Gasteiger partial charge on any atom is 0.291 e. The van der Waals surface area contributed by atoms with Crippen molar-refractivity contribution in [3.05, 3.63) is 18.2 Å². The molecule has 0 saturated heterocycles. The molecule has 0 unspecified atom stereocenters. The monoisotopic (exact) mass is 316 g/mol. The average Bonchev–Trinajstić information content (AvgIpc) is 2.85. The van der Waals surface area contributed by atoms with E-state index in [2.05, 4.69) is 14.9 Å². The third-order valence-electron chi connectivity index (χ3n) is 2.29. The van der Waals surface area contributed by atoms with E-state index in [4.69, 9.17) is 15.2 Å². The number of sulfonamides is 1. The maximum absolute atomic E-state index is 12.0. The SMILES string of the molecule is COc1ccc(NS(=O)(=O)c2nnc(N)s2)cc1OC. The summed E-state index contributed by atoms with van der Waals surface area (Å²) in [5, 5.41) is 7.05. The Morgan fingerprint density at radius 3 is 2.45 bits per heavy atom. The number of nitrogens with one attached hydrogen (secondary N) is 1. The summed E-state index contributed by atoms with van der Waals surface area (Å²) in [6, 6.07) is 4.63. The molecule has 0 spiro atoms. The Kier molecular flexibility index (Phi) is 3.95. The van der Waals surface area contributed by atoms with Gasteiger partial charge in [0.1, 0.15) is 0 Å². The van der Waals surface area contributed by atoms with Crippen LogP contribution < -0.4 is 19.9 Å². The highest BCUT2D eigenvalue weighted by atomic mass is 32.2. The first-order chi connectivity index (χ1) is 9.46. The molecule has 0 aliphatic rings. The highest BCUT2D eigenvalue weighted by Crippen LogP contribution is 2.31. The molecule has 0 atom stereocenters. The van der Waals surface area contributed by atoms with Crippen LogP contribution in [0.3, 0.4) is 0 Å². The van der Waals surface area contributed by atoms with Gasteiger partial charge in [0.05, 0.1) is 19.9 Å². The van der Waals surface area contributed by atoms with Gasteiger partial charge < -0.3 is 15.2 Å². The third kappa shape index (κ3) is 2.91. The van der Waals surface area contributed by atoms with Crippen molar-refractivity contribution in [2.24, 2.45) is 0 Å². The summed E-state index contributed by atoms with van der Waals surface area (Å²) in [7, 11) is -0.867. The van der Waals surface area contributed by atoms with E-state index in [1.165, 1.54) is 20.3 Å². The van der Waals surface area contributed by atoms with Gasteiger partial charge >= 0.3 is 0 Å². The molecule has 3 N–H and O–H groups in total. The molecule has 0 radical (unpaired) electrons. The molecule has 0 aliphatic carbocycles. The first-order valence-corrected chi connectivity index (χ1v) is 7.60. The van der Waals surface area contributed by atoms with Gasteiger partial charge in [-0.2, -0.15) is 8.42 Å². The van der Waals surface area contributed by atoms with E-state index in [1.807, 2.05) is 0 Å². The van der Waals surface area contributed by atoms with E-state index >= 15 is 0 Å². The molecular weight excluding hydrogens is 304 g/mol. The summed E-state index contributed by atoms with van der Waals surface area (Å²) in [6.45, 7) is 0. The second kappa shape index (κ2) is 5.51. The van der Waals surface area contributed by atoms with Crippen LogP contribution in [0, 0.1) is 0 Å². The maximum atomic E-state index is 12.0. The fourth-order valence-corrected chi connectivity index (χ4v) is 3.26. The third-order valence-corrected chi connectivity index (χ3v) is 4.79. The van der Waals surface area contributed by atoms with E-state index in [-0.39, 0.29) is 9.47 Å². The number of nitrogens with zero attached hydrogens (tertiary/aromatic N) is 2. The summed E-state index contributed by atoms with van der Waals surface area (Å²) in [4.78, 5) is 0. The molecule has 0 aliphatic heterocycles.